The van der Waals surface area contributed by atoms with Crippen LogP contribution < -0.4 is 0 Å². The van der Waals surface area contributed by atoms with E-state index in [0.717, 1.165) is 6.42 Å². The fourth-order valence-corrected chi connectivity index (χ4v) is 0.456. The Morgan fingerprint density at radius 1 is 1.71 bits per heavy atom. The molecule has 46 valence electrons. The highest BCUT2D eigenvalue weighted by atomic mass is 35.5. The molecular weight excluding hydrogens is 115 g/mol. The third kappa shape index (κ3) is 10.7. The number of aliphatic hydroxyl groups is 1. The highest BCUT2D eigenvalue weighted by Gasteiger charge is 1.90. The highest BCUT2D eigenvalue weighted by Crippen LogP contribution is 1.97. The number of rotatable bonds is 2. The van der Waals surface area contributed by atoms with Gasteiger partial charge < -0.3 is 10.6 Å². The summed E-state index contributed by atoms with van der Waals surface area (Å²) in [4.78, 5) is 0. The van der Waals surface area contributed by atoms with Crippen LogP contribution in [0.5, 0.6) is 0 Å². The maximum atomic E-state index is 8.32. The van der Waals surface area contributed by atoms with Crippen LogP contribution in [0.2, 0.25) is 0 Å². The second kappa shape index (κ2) is 6.21. The van der Waals surface area contributed by atoms with E-state index in [2.05, 4.69) is 0 Å². The van der Waals surface area contributed by atoms with Gasteiger partial charge in [-0.15, -0.1) is 0 Å². The molecule has 0 amide bonds. The minimum Gasteiger partial charge on any atom is -0.412 e. The number of halogens is 1. The zero-order valence-corrected chi connectivity index (χ0v) is 5.07. The first-order valence-corrected chi connectivity index (χ1v) is 2.53. The maximum Gasteiger partial charge on any atom is 0.128 e. The van der Waals surface area contributed by atoms with Gasteiger partial charge in [-0.3, -0.25) is 0 Å². The standard InChI is InChI=1S/C4H9ClO.H2O/c1-2-3-4(5)6;/h4,6H,2-3H2,1H3;1H2. The normalized spacial score (nSPS) is 12.4. The molecule has 0 heterocycles. The summed E-state index contributed by atoms with van der Waals surface area (Å²) in [7, 11) is 0. The monoisotopic (exact) mass is 126 g/mol. The van der Waals surface area contributed by atoms with E-state index in [4.69, 9.17) is 16.7 Å². The molecule has 0 aliphatic carbocycles. The first kappa shape index (κ1) is 10.2. The van der Waals surface area contributed by atoms with E-state index in [-0.39, 0.29) is 5.48 Å². The van der Waals surface area contributed by atoms with Crippen molar-refractivity contribution >= 4 is 11.6 Å². The molecule has 0 saturated heterocycles. The quantitative estimate of drug-likeness (QED) is 0.539. The van der Waals surface area contributed by atoms with Crippen LogP contribution in [0, 0.1) is 0 Å². The predicted octanol–water partition coefficient (Wildman–Crippen LogP) is 0.519. The number of hydrogen-bond donors (Lipinski definition) is 1. The minimum absolute atomic E-state index is 0. The molecule has 0 saturated carbocycles. The second-order valence-electron chi connectivity index (χ2n) is 1.22. The van der Waals surface area contributed by atoms with Gasteiger partial charge in [-0.2, -0.15) is 0 Å². The fraction of sp³-hybridized carbons (Fsp3) is 1.00. The SMILES string of the molecule is CCCC(O)Cl.O. The Morgan fingerprint density at radius 3 is 2.14 bits per heavy atom. The average Bonchev–Trinajstić information content (AvgIpc) is 1.35. The molecule has 0 aromatic heterocycles. The molecule has 0 aromatic rings. The number of hydrogen-bond acceptors (Lipinski definition) is 1. The van der Waals surface area contributed by atoms with Gasteiger partial charge in [0.05, 0.1) is 0 Å². The molecule has 0 aromatic carbocycles. The Morgan fingerprint density at radius 2 is 2.14 bits per heavy atom. The summed E-state index contributed by atoms with van der Waals surface area (Å²) in [6.45, 7) is 1.98. The molecule has 7 heavy (non-hydrogen) atoms. The van der Waals surface area contributed by atoms with Gasteiger partial charge in [0.2, 0.25) is 0 Å². The Labute approximate surface area is 48.4 Å². The van der Waals surface area contributed by atoms with Crippen molar-refractivity contribution in [3.05, 3.63) is 0 Å². The van der Waals surface area contributed by atoms with Gasteiger partial charge in [-0.05, 0) is 6.42 Å². The van der Waals surface area contributed by atoms with Crippen molar-refractivity contribution in [1.82, 2.24) is 0 Å². The van der Waals surface area contributed by atoms with Crippen LogP contribution in [0.25, 0.3) is 0 Å². The smallest absolute Gasteiger partial charge is 0.128 e. The number of alkyl halides is 1. The van der Waals surface area contributed by atoms with E-state index in [1.165, 1.54) is 0 Å². The topological polar surface area (TPSA) is 51.7 Å². The molecule has 1 unspecified atom stereocenters. The zero-order valence-electron chi connectivity index (χ0n) is 4.32. The summed E-state index contributed by atoms with van der Waals surface area (Å²) in [5, 5.41) is 8.32. The van der Waals surface area contributed by atoms with Crippen LogP contribution in [0.1, 0.15) is 19.8 Å². The lowest BCUT2D eigenvalue weighted by molar-refractivity contribution is 0.244. The van der Waals surface area contributed by atoms with Gasteiger partial charge in [0, 0.05) is 0 Å². The Bertz CT molecular complexity index is 30.9. The summed E-state index contributed by atoms with van der Waals surface area (Å²) in [6, 6.07) is 0. The van der Waals surface area contributed by atoms with E-state index < -0.39 is 5.56 Å². The van der Waals surface area contributed by atoms with Gasteiger partial charge in [-0.25, -0.2) is 0 Å². The largest absolute Gasteiger partial charge is 0.412 e. The number of aliphatic hydroxyl groups excluding tert-OH is 1. The van der Waals surface area contributed by atoms with E-state index >= 15 is 0 Å². The van der Waals surface area contributed by atoms with Crippen molar-refractivity contribution in [2.45, 2.75) is 25.3 Å². The van der Waals surface area contributed by atoms with Crippen LogP contribution in [0.3, 0.4) is 0 Å². The van der Waals surface area contributed by atoms with Crippen LogP contribution >= 0.6 is 11.6 Å². The zero-order chi connectivity index (χ0) is 4.99. The fourth-order valence-electron chi connectivity index (χ4n) is 0.238. The molecule has 0 spiro atoms. The summed E-state index contributed by atoms with van der Waals surface area (Å²) < 4.78 is 0. The van der Waals surface area contributed by atoms with E-state index in [9.17, 15) is 0 Å². The Balaban J connectivity index is 0. The molecule has 0 fully saturated rings. The third-order valence-corrected chi connectivity index (χ3v) is 0.745. The Kier molecular flexibility index (Phi) is 9.09. The van der Waals surface area contributed by atoms with Gasteiger partial charge in [0.25, 0.3) is 0 Å². The van der Waals surface area contributed by atoms with Crippen molar-refractivity contribution in [3.8, 4) is 0 Å². The van der Waals surface area contributed by atoms with E-state index in [1.807, 2.05) is 6.92 Å². The summed E-state index contributed by atoms with van der Waals surface area (Å²) >= 11 is 5.13. The lowest BCUT2D eigenvalue weighted by atomic mass is 10.4. The van der Waals surface area contributed by atoms with E-state index in [1.54, 1.807) is 0 Å². The van der Waals surface area contributed by atoms with Crippen LogP contribution in [-0.2, 0) is 0 Å². The summed E-state index contributed by atoms with van der Waals surface area (Å²) in [5.41, 5.74) is -0.630. The molecule has 3 heteroatoms. The molecule has 0 aliphatic rings. The highest BCUT2D eigenvalue weighted by molar-refractivity contribution is 6.19. The van der Waals surface area contributed by atoms with Crippen LogP contribution in [-0.4, -0.2) is 16.1 Å². The van der Waals surface area contributed by atoms with Crippen molar-refractivity contribution in [2.75, 3.05) is 0 Å². The van der Waals surface area contributed by atoms with Gasteiger partial charge in [0.15, 0.2) is 0 Å². The molecule has 0 rings (SSSR count). The summed E-state index contributed by atoms with van der Waals surface area (Å²) in [5.74, 6) is 0. The third-order valence-electron chi connectivity index (χ3n) is 0.527. The summed E-state index contributed by atoms with van der Waals surface area (Å²) in [6.07, 6.45) is 1.65. The van der Waals surface area contributed by atoms with Gasteiger partial charge in [0.1, 0.15) is 5.56 Å². The lowest BCUT2D eigenvalue weighted by Crippen LogP contribution is -1.91. The maximum absolute atomic E-state index is 8.32. The minimum atomic E-state index is -0.630. The average molecular weight is 127 g/mol. The molecule has 0 radical (unpaired) electrons. The van der Waals surface area contributed by atoms with Crippen LogP contribution in [0.4, 0.5) is 0 Å². The lowest BCUT2D eigenvalue weighted by Gasteiger charge is -1.92. The molecule has 2 nitrogen and oxygen atoms in total. The van der Waals surface area contributed by atoms with Crippen molar-refractivity contribution in [3.63, 3.8) is 0 Å². The molecule has 0 bridgehead atoms. The van der Waals surface area contributed by atoms with Gasteiger partial charge in [-0.1, -0.05) is 24.9 Å². The van der Waals surface area contributed by atoms with Crippen molar-refractivity contribution < 1.29 is 10.6 Å². The van der Waals surface area contributed by atoms with Crippen molar-refractivity contribution in [2.24, 2.45) is 0 Å². The molecule has 1 atom stereocenters. The van der Waals surface area contributed by atoms with Gasteiger partial charge >= 0.3 is 0 Å². The Hall–Kier alpha value is 0.210. The second-order valence-corrected chi connectivity index (χ2v) is 1.73. The van der Waals surface area contributed by atoms with E-state index in [0.29, 0.717) is 6.42 Å². The van der Waals surface area contributed by atoms with Crippen molar-refractivity contribution in [1.29, 1.82) is 0 Å². The van der Waals surface area contributed by atoms with Crippen LogP contribution in [0.15, 0.2) is 0 Å². The first-order chi connectivity index (χ1) is 2.77. The molecular formula is C4H11ClO2. The molecule has 3 N–H and O–H groups in total. The molecule has 0 aliphatic heterocycles. The first-order valence-electron chi connectivity index (χ1n) is 2.09. The predicted molar refractivity (Wildman–Crippen MR) is 30.4 cm³/mol.